The van der Waals surface area contributed by atoms with Gasteiger partial charge in [0.25, 0.3) is 0 Å². The predicted molar refractivity (Wildman–Crippen MR) is 253 cm³/mol. The lowest BCUT2D eigenvalue weighted by atomic mass is 10.0. The highest BCUT2D eigenvalue weighted by Crippen LogP contribution is 2.18. The van der Waals surface area contributed by atoms with Crippen LogP contribution in [0.1, 0.15) is 29.5 Å². The van der Waals surface area contributed by atoms with E-state index in [0.29, 0.717) is 22.6 Å². The summed E-state index contributed by atoms with van der Waals surface area (Å²) in [5.41, 5.74) is 8.10. The number of carbonyl (C=O) groups is 7. The van der Waals surface area contributed by atoms with Crippen LogP contribution in [0.25, 0.3) is 0 Å². The van der Waals surface area contributed by atoms with E-state index in [0.717, 1.165) is 5.56 Å². The summed E-state index contributed by atoms with van der Waals surface area (Å²) in [5, 5.41) is 41.5. The molecule has 20 nitrogen and oxygen atoms in total. The lowest BCUT2D eigenvalue weighted by Crippen LogP contribution is -2.60. The third-order valence-corrected chi connectivity index (χ3v) is 10.1. The minimum Gasteiger partial charge on any atom is -0.508 e. The standard InChI is InChI=1S/C50H58N6O14/c1-2-22-69-37-17-19-38(20-18-37)70-27-26-68-25-24-67-23-21-52-47(63)42(31-44(58)59)55-50(66)43(32-45(60)61)56-49(65)41(29-34-11-7-4-8-12-34)54-48(64)40(30-35-13-15-36(57)16-14-35)53-46(62)39(51)28-33-9-5-3-6-10-33/h1,3-20,39-43,57H,21-32,51H2,(H,52,63)(H,53,62)(H,54,64)(H,55,66)(H,56,65)(H,58,59)(H,60,61)/t39-,40-,41-,42-,43+/m1/s1. The van der Waals surface area contributed by atoms with E-state index in [4.69, 9.17) is 31.1 Å². The summed E-state index contributed by atoms with van der Waals surface area (Å²) >= 11 is 0. The van der Waals surface area contributed by atoms with Crippen molar-refractivity contribution in [3.05, 3.63) is 126 Å². The van der Waals surface area contributed by atoms with Crippen molar-refractivity contribution >= 4 is 41.5 Å². The Morgan fingerprint density at radius 3 is 1.47 bits per heavy atom. The zero-order valence-electron chi connectivity index (χ0n) is 38.3. The van der Waals surface area contributed by atoms with E-state index in [1.165, 1.54) is 12.1 Å². The summed E-state index contributed by atoms with van der Waals surface area (Å²) in [5.74, 6) is -4.09. The highest BCUT2D eigenvalue weighted by molar-refractivity contribution is 5.98. The van der Waals surface area contributed by atoms with Gasteiger partial charge in [0.05, 0.1) is 45.3 Å². The maximum Gasteiger partial charge on any atom is 0.305 e. The molecule has 4 aromatic carbocycles. The van der Waals surface area contributed by atoms with Crippen molar-refractivity contribution in [3.63, 3.8) is 0 Å². The molecule has 0 bridgehead atoms. The first-order chi connectivity index (χ1) is 33.7. The summed E-state index contributed by atoms with van der Waals surface area (Å²) in [6.07, 6.45) is 3.16. The van der Waals surface area contributed by atoms with E-state index >= 15 is 0 Å². The van der Waals surface area contributed by atoms with Gasteiger partial charge in [-0.15, -0.1) is 6.42 Å². The number of carboxylic acids is 2. The minimum atomic E-state index is -1.86. The van der Waals surface area contributed by atoms with Crippen LogP contribution in [0, 0.1) is 12.3 Å². The second-order valence-corrected chi connectivity index (χ2v) is 15.6. The van der Waals surface area contributed by atoms with E-state index < -0.39 is 84.5 Å². The maximum absolute atomic E-state index is 14.1. The van der Waals surface area contributed by atoms with Crippen molar-refractivity contribution < 1.29 is 67.8 Å². The molecule has 20 heteroatoms. The molecule has 5 atom stereocenters. The summed E-state index contributed by atoms with van der Waals surface area (Å²) < 4.78 is 21.9. The topological polar surface area (TPSA) is 303 Å². The lowest BCUT2D eigenvalue weighted by Gasteiger charge is -2.26. The number of phenols is 1. The van der Waals surface area contributed by atoms with Gasteiger partial charge >= 0.3 is 11.9 Å². The van der Waals surface area contributed by atoms with Crippen molar-refractivity contribution in [2.45, 2.75) is 62.3 Å². The number of hydrogen-bond donors (Lipinski definition) is 9. The SMILES string of the molecule is C#CCOc1ccc(OCCOCCOCCNC(=O)[C@@H](CC(=O)O)NC(=O)[C@H](CC(=O)O)NC(=O)[C@@H](Cc2ccccc2)NC(=O)[C@@H](Cc2ccc(O)cc2)NC(=O)[C@H](N)Cc2ccccc2)cc1. The van der Waals surface area contributed by atoms with Gasteiger partial charge in [0.1, 0.15) is 54.6 Å². The number of benzene rings is 4. The normalized spacial score (nSPS) is 12.9. The van der Waals surface area contributed by atoms with E-state index in [-0.39, 0.29) is 71.2 Å². The highest BCUT2D eigenvalue weighted by atomic mass is 16.5. The van der Waals surface area contributed by atoms with Crippen LogP contribution >= 0.6 is 0 Å². The molecule has 0 radical (unpaired) electrons. The lowest BCUT2D eigenvalue weighted by molar-refractivity contribution is -0.143. The predicted octanol–water partition coefficient (Wildman–Crippen LogP) is 0.876. The molecular formula is C50H58N6O14. The average molecular weight is 967 g/mol. The van der Waals surface area contributed by atoms with E-state index in [1.54, 1.807) is 91.0 Å². The molecule has 0 saturated carbocycles. The number of carbonyl (C=O) groups excluding carboxylic acids is 5. The summed E-state index contributed by atoms with van der Waals surface area (Å²) in [6.45, 7) is 0.895. The molecule has 5 amide bonds. The number of aromatic hydroxyl groups is 1. The highest BCUT2D eigenvalue weighted by Gasteiger charge is 2.34. The second kappa shape index (κ2) is 29.7. The number of aliphatic carboxylic acids is 2. The van der Waals surface area contributed by atoms with E-state index in [9.17, 15) is 48.9 Å². The van der Waals surface area contributed by atoms with Crippen LogP contribution in [0.3, 0.4) is 0 Å². The Hall–Kier alpha value is -7.99. The van der Waals surface area contributed by atoms with Crippen LogP contribution in [-0.4, -0.2) is 133 Å². The molecule has 372 valence electrons. The van der Waals surface area contributed by atoms with Gasteiger partial charge in [0, 0.05) is 19.4 Å². The van der Waals surface area contributed by atoms with Crippen LogP contribution in [0.2, 0.25) is 0 Å². The molecule has 10 N–H and O–H groups in total. The molecule has 0 aliphatic heterocycles. The van der Waals surface area contributed by atoms with Crippen molar-refractivity contribution in [1.29, 1.82) is 0 Å². The quantitative estimate of drug-likeness (QED) is 0.0250. The molecule has 0 fully saturated rings. The number of carboxylic acid groups (broad SMARTS) is 2. The molecule has 70 heavy (non-hydrogen) atoms. The third kappa shape index (κ3) is 20.5. The molecule has 0 aliphatic rings. The molecule has 4 aromatic rings. The Kier molecular flexibility index (Phi) is 23.2. The molecular weight excluding hydrogens is 909 g/mol. The number of hydrogen-bond acceptors (Lipinski definition) is 13. The fraction of sp³-hybridized carbons (Fsp3) is 0.340. The van der Waals surface area contributed by atoms with Crippen molar-refractivity contribution in [1.82, 2.24) is 26.6 Å². The third-order valence-electron chi connectivity index (χ3n) is 10.1. The van der Waals surface area contributed by atoms with Gasteiger partial charge < -0.3 is 66.6 Å². The van der Waals surface area contributed by atoms with Gasteiger partial charge in [-0.2, -0.15) is 0 Å². The molecule has 0 saturated heterocycles. The maximum atomic E-state index is 14.1. The van der Waals surface area contributed by atoms with Crippen LogP contribution in [0.4, 0.5) is 0 Å². The van der Waals surface area contributed by atoms with Crippen LogP contribution in [0.5, 0.6) is 17.2 Å². The Bertz CT molecular complexity index is 2350. The van der Waals surface area contributed by atoms with Crippen LogP contribution in [-0.2, 0) is 62.3 Å². The Morgan fingerprint density at radius 1 is 0.514 bits per heavy atom. The average Bonchev–Trinajstić information content (AvgIpc) is 3.34. The number of phenolic OH excluding ortho intramolecular Hbond substituents is 1. The molecule has 0 spiro atoms. The van der Waals surface area contributed by atoms with Crippen molar-refractivity contribution in [2.24, 2.45) is 5.73 Å². The second-order valence-electron chi connectivity index (χ2n) is 15.6. The fourth-order valence-corrected chi connectivity index (χ4v) is 6.63. The first-order valence-electron chi connectivity index (χ1n) is 22.2. The molecule has 0 aromatic heterocycles. The Morgan fingerprint density at radius 2 is 0.943 bits per heavy atom. The Balaban J connectivity index is 1.36. The Labute approximate surface area is 404 Å². The number of ether oxygens (including phenoxy) is 4. The first kappa shape index (κ1) is 54.6. The zero-order valence-corrected chi connectivity index (χ0v) is 38.3. The molecule has 0 heterocycles. The van der Waals surface area contributed by atoms with Gasteiger partial charge in [-0.1, -0.05) is 78.7 Å². The smallest absolute Gasteiger partial charge is 0.305 e. The number of rotatable bonds is 31. The zero-order chi connectivity index (χ0) is 50.7. The summed E-state index contributed by atoms with van der Waals surface area (Å²) in [7, 11) is 0. The van der Waals surface area contributed by atoms with Gasteiger partial charge in [0.2, 0.25) is 29.5 Å². The van der Waals surface area contributed by atoms with Gasteiger partial charge in [-0.3, -0.25) is 33.6 Å². The minimum absolute atomic E-state index is 0.0143. The van der Waals surface area contributed by atoms with Gasteiger partial charge in [-0.25, -0.2) is 0 Å². The number of terminal acetylenes is 1. The monoisotopic (exact) mass is 966 g/mol. The van der Waals surface area contributed by atoms with Crippen LogP contribution in [0.15, 0.2) is 109 Å². The van der Waals surface area contributed by atoms with E-state index in [1.807, 2.05) is 6.07 Å². The van der Waals surface area contributed by atoms with Crippen LogP contribution < -0.4 is 41.8 Å². The fourth-order valence-electron chi connectivity index (χ4n) is 6.63. The number of nitrogens with two attached hydrogens (primary N) is 1. The largest absolute Gasteiger partial charge is 0.508 e. The molecule has 0 unspecified atom stereocenters. The van der Waals surface area contributed by atoms with Crippen molar-refractivity contribution in [3.8, 4) is 29.6 Å². The summed E-state index contributed by atoms with van der Waals surface area (Å²) in [4.78, 5) is 92.2. The number of amides is 5. The first-order valence-corrected chi connectivity index (χ1v) is 22.2. The molecule has 0 aliphatic carbocycles. The van der Waals surface area contributed by atoms with E-state index in [2.05, 4.69) is 32.5 Å². The van der Waals surface area contributed by atoms with Gasteiger partial charge in [-0.05, 0) is 59.5 Å². The molecule has 4 rings (SSSR count). The summed E-state index contributed by atoms with van der Waals surface area (Å²) in [6, 6.07) is 22.7. The van der Waals surface area contributed by atoms with Crippen molar-refractivity contribution in [2.75, 3.05) is 46.2 Å². The van der Waals surface area contributed by atoms with Gasteiger partial charge in [0.15, 0.2) is 0 Å². The number of nitrogens with one attached hydrogen (secondary N) is 5.